The second-order valence-electron chi connectivity index (χ2n) is 3.44. The summed E-state index contributed by atoms with van der Waals surface area (Å²) >= 11 is 0. The topological polar surface area (TPSA) is 39.1 Å². The lowest BCUT2D eigenvalue weighted by atomic mass is 10.2. The van der Waals surface area contributed by atoms with E-state index < -0.39 is 0 Å². The predicted molar refractivity (Wildman–Crippen MR) is 56.1 cm³/mol. The first-order valence-corrected chi connectivity index (χ1v) is 4.93. The fraction of sp³-hybridized carbons (Fsp3) is 0.700. The van der Waals surface area contributed by atoms with Gasteiger partial charge in [0, 0.05) is 39.1 Å². The molecule has 80 valence electrons. The molecule has 1 N–H and O–H groups in total. The van der Waals surface area contributed by atoms with E-state index in [1.54, 1.807) is 7.11 Å². The van der Waals surface area contributed by atoms with Gasteiger partial charge in [-0.1, -0.05) is 0 Å². The van der Waals surface area contributed by atoms with Crippen LogP contribution in [0.3, 0.4) is 0 Å². The highest BCUT2D eigenvalue weighted by Gasteiger charge is 2.01. The van der Waals surface area contributed by atoms with E-state index in [2.05, 4.69) is 16.6 Å². The maximum atomic E-state index is 4.97. The third-order valence-electron chi connectivity index (χ3n) is 2.13. The number of ether oxygens (including phenoxy) is 1. The maximum Gasteiger partial charge on any atom is 0.0638 e. The lowest BCUT2D eigenvalue weighted by Gasteiger charge is -2.02. The number of rotatable bonds is 6. The van der Waals surface area contributed by atoms with Crippen LogP contribution in [0, 0.1) is 6.92 Å². The van der Waals surface area contributed by atoms with Crippen LogP contribution in [0.1, 0.15) is 17.7 Å². The zero-order valence-electron chi connectivity index (χ0n) is 9.21. The first-order chi connectivity index (χ1) is 6.74. The van der Waals surface area contributed by atoms with Gasteiger partial charge in [-0.25, -0.2) is 0 Å². The van der Waals surface area contributed by atoms with Crippen molar-refractivity contribution in [1.29, 1.82) is 0 Å². The van der Waals surface area contributed by atoms with Crippen molar-refractivity contribution in [2.24, 2.45) is 7.05 Å². The van der Waals surface area contributed by atoms with Gasteiger partial charge >= 0.3 is 0 Å². The number of aromatic nitrogens is 2. The van der Waals surface area contributed by atoms with Gasteiger partial charge in [0.1, 0.15) is 0 Å². The summed E-state index contributed by atoms with van der Waals surface area (Å²) in [6, 6.07) is 0. The number of aryl methyl sites for hydroxylation is 2. The fourth-order valence-electron chi connectivity index (χ4n) is 1.39. The summed E-state index contributed by atoms with van der Waals surface area (Å²) in [5.74, 6) is 0. The summed E-state index contributed by atoms with van der Waals surface area (Å²) < 4.78 is 6.81. The normalized spacial score (nSPS) is 10.8. The molecule has 0 amide bonds. The average molecular weight is 197 g/mol. The Hall–Kier alpha value is -0.870. The summed E-state index contributed by atoms with van der Waals surface area (Å²) in [6.45, 7) is 4.73. The van der Waals surface area contributed by atoms with Gasteiger partial charge in [0.25, 0.3) is 0 Å². The quantitative estimate of drug-likeness (QED) is 0.687. The zero-order chi connectivity index (χ0) is 10.4. The molecule has 0 unspecified atom stereocenters. The molecular weight excluding hydrogens is 178 g/mol. The molecule has 0 fully saturated rings. The molecule has 1 heterocycles. The Kier molecular flexibility index (Phi) is 4.62. The van der Waals surface area contributed by atoms with Crippen LogP contribution in [-0.2, 0) is 18.3 Å². The van der Waals surface area contributed by atoms with E-state index in [-0.39, 0.29) is 0 Å². The minimum Gasteiger partial charge on any atom is -0.385 e. The van der Waals surface area contributed by atoms with Crippen molar-refractivity contribution < 1.29 is 4.74 Å². The first kappa shape index (κ1) is 11.2. The number of nitrogens with one attached hydrogen (secondary N) is 1. The molecule has 0 bridgehead atoms. The first-order valence-electron chi connectivity index (χ1n) is 4.93. The van der Waals surface area contributed by atoms with Crippen LogP contribution < -0.4 is 5.32 Å². The van der Waals surface area contributed by atoms with Crippen molar-refractivity contribution in [3.05, 3.63) is 17.5 Å². The third-order valence-corrected chi connectivity index (χ3v) is 2.13. The van der Waals surface area contributed by atoms with Gasteiger partial charge in [0.15, 0.2) is 0 Å². The highest BCUT2D eigenvalue weighted by molar-refractivity contribution is 5.14. The number of nitrogens with zero attached hydrogens (tertiary/aromatic N) is 2. The second-order valence-corrected chi connectivity index (χ2v) is 3.44. The molecule has 0 saturated heterocycles. The molecule has 1 aromatic heterocycles. The lowest BCUT2D eigenvalue weighted by molar-refractivity contribution is 0.194. The molecule has 0 radical (unpaired) electrons. The summed E-state index contributed by atoms with van der Waals surface area (Å²) in [5, 5.41) is 7.64. The van der Waals surface area contributed by atoms with E-state index in [0.717, 1.165) is 31.8 Å². The monoisotopic (exact) mass is 197 g/mol. The molecule has 0 aliphatic carbocycles. The molecule has 0 saturated carbocycles. The minimum absolute atomic E-state index is 0.818. The van der Waals surface area contributed by atoms with Crippen LogP contribution in [0.4, 0.5) is 0 Å². The molecule has 1 aromatic rings. The lowest BCUT2D eigenvalue weighted by Crippen LogP contribution is -2.16. The van der Waals surface area contributed by atoms with E-state index >= 15 is 0 Å². The molecule has 1 rings (SSSR count). The van der Waals surface area contributed by atoms with E-state index in [9.17, 15) is 0 Å². The van der Waals surface area contributed by atoms with Crippen molar-refractivity contribution in [3.63, 3.8) is 0 Å². The number of methoxy groups -OCH3 is 1. The van der Waals surface area contributed by atoms with Crippen molar-refractivity contribution in [2.45, 2.75) is 19.9 Å². The summed E-state index contributed by atoms with van der Waals surface area (Å²) in [6.07, 6.45) is 3.11. The smallest absolute Gasteiger partial charge is 0.0638 e. The molecule has 0 aliphatic heterocycles. The highest BCUT2D eigenvalue weighted by Crippen LogP contribution is 2.03. The van der Waals surface area contributed by atoms with Crippen LogP contribution in [0.15, 0.2) is 6.20 Å². The molecule has 0 aliphatic rings. The van der Waals surface area contributed by atoms with Crippen LogP contribution in [0.25, 0.3) is 0 Å². The summed E-state index contributed by atoms with van der Waals surface area (Å²) in [4.78, 5) is 0. The molecule has 4 heteroatoms. The minimum atomic E-state index is 0.818. The Morgan fingerprint density at radius 1 is 1.57 bits per heavy atom. The second kappa shape index (κ2) is 5.78. The third kappa shape index (κ3) is 3.47. The molecule has 14 heavy (non-hydrogen) atoms. The van der Waals surface area contributed by atoms with Crippen molar-refractivity contribution >= 4 is 0 Å². The average Bonchev–Trinajstić information content (AvgIpc) is 2.45. The van der Waals surface area contributed by atoms with E-state index in [4.69, 9.17) is 4.74 Å². The fourth-order valence-corrected chi connectivity index (χ4v) is 1.39. The SMILES string of the molecule is COCCCNCc1cn(C)nc1C. The predicted octanol–water partition coefficient (Wildman–Crippen LogP) is 0.855. The summed E-state index contributed by atoms with van der Waals surface area (Å²) in [7, 11) is 3.67. The van der Waals surface area contributed by atoms with Gasteiger partial charge in [-0.2, -0.15) is 5.10 Å². The van der Waals surface area contributed by atoms with Gasteiger partial charge < -0.3 is 10.1 Å². The molecule has 0 atom stereocenters. The molecular formula is C10H19N3O. The highest BCUT2D eigenvalue weighted by atomic mass is 16.5. The van der Waals surface area contributed by atoms with E-state index in [0.29, 0.717) is 0 Å². The Labute approximate surface area is 85.3 Å². The molecule has 0 aromatic carbocycles. The Bertz CT molecular complexity index is 270. The van der Waals surface area contributed by atoms with Gasteiger partial charge in [-0.15, -0.1) is 0 Å². The number of hydrogen-bond acceptors (Lipinski definition) is 3. The van der Waals surface area contributed by atoms with Gasteiger partial charge in [-0.05, 0) is 19.9 Å². The standard InChI is InChI=1S/C10H19N3O/c1-9-10(8-13(2)12-9)7-11-5-4-6-14-3/h8,11H,4-7H2,1-3H3. The molecule has 0 spiro atoms. The van der Waals surface area contributed by atoms with Crippen LogP contribution in [0.5, 0.6) is 0 Å². The van der Waals surface area contributed by atoms with Crippen LogP contribution in [-0.4, -0.2) is 30.0 Å². The van der Waals surface area contributed by atoms with Gasteiger partial charge in [0.2, 0.25) is 0 Å². The number of hydrogen-bond donors (Lipinski definition) is 1. The van der Waals surface area contributed by atoms with Crippen molar-refractivity contribution in [3.8, 4) is 0 Å². The van der Waals surface area contributed by atoms with Crippen LogP contribution >= 0.6 is 0 Å². The van der Waals surface area contributed by atoms with E-state index in [1.165, 1.54) is 5.56 Å². The van der Waals surface area contributed by atoms with E-state index in [1.807, 2.05) is 18.7 Å². The van der Waals surface area contributed by atoms with Crippen molar-refractivity contribution in [2.75, 3.05) is 20.3 Å². The zero-order valence-corrected chi connectivity index (χ0v) is 9.21. The maximum absolute atomic E-state index is 4.97. The van der Waals surface area contributed by atoms with Crippen molar-refractivity contribution in [1.82, 2.24) is 15.1 Å². The Morgan fingerprint density at radius 3 is 2.93 bits per heavy atom. The van der Waals surface area contributed by atoms with Crippen LogP contribution in [0.2, 0.25) is 0 Å². The van der Waals surface area contributed by atoms with Gasteiger partial charge in [-0.3, -0.25) is 4.68 Å². The molecule has 4 nitrogen and oxygen atoms in total. The Morgan fingerprint density at radius 2 is 2.36 bits per heavy atom. The Balaban J connectivity index is 2.21. The largest absolute Gasteiger partial charge is 0.385 e. The van der Waals surface area contributed by atoms with Gasteiger partial charge in [0.05, 0.1) is 5.69 Å². The summed E-state index contributed by atoms with van der Waals surface area (Å²) in [5.41, 5.74) is 2.37.